The van der Waals surface area contributed by atoms with Crippen LogP contribution in [0, 0.1) is 0 Å². The minimum atomic E-state index is -4.77. The summed E-state index contributed by atoms with van der Waals surface area (Å²) < 4.78 is 42.5. The monoisotopic (exact) mass is 445 g/mol. The Morgan fingerprint density at radius 1 is 1.06 bits per heavy atom. The third kappa shape index (κ3) is 4.63. The van der Waals surface area contributed by atoms with E-state index in [1.165, 1.54) is 6.42 Å². The van der Waals surface area contributed by atoms with Crippen molar-refractivity contribution in [1.29, 1.82) is 0 Å². The van der Waals surface area contributed by atoms with Crippen LogP contribution in [0.3, 0.4) is 0 Å². The molecule has 3 aromatic rings. The van der Waals surface area contributed by atoms with Crippen molar-refractivity contribution in [1.82, 2.24) is 9.97 Å². The standard InChI is InChI=1S/C25H30F3N3O/c1-23(2,19-7-6-8-21(14-19)31-11-4-3-5-12-31)17-24(32,25(26,27)28)15-20-13-18-9-10-29-16-22(18)30-20/h6-10,13-14,16,30,32H,3-5,11-12,15,17H2,1-2H3. The molecule has 4 rings (SSSR count). The van der Waals surface area contributed by atoms with E-state index in [2.05, 4.69) is 14.9 Å². The van der Waals surface area contributed by atoms with Crippen molar-refractivity contribution in [2.24, 2.45) is 0 Å². The Morgan fingerprint density at radius 3 is 2.50 bits per heavy atom. The van der Waals surface area contributed by atoms with E-state index < -0.39 is 30.0 Å². The van der Waals surface area contributed by atoms with Gasteiger partial charge in [-0.3, -0.25) is 4.98 Å². The molecule has 3 heterocycles. The summed E-state index contributed by atoms with van der Waals surface area (Å²) >= 11 is 0. The van der Waals surface area contributed by atoms with Gasteiger partial charge in [0.15, 0.2) is 5.60 Å². The molecule has 2 aromatic heterocycles. The summed E-state index contributed by atoms with van der Waals surface area (Å²) in [5, 5.41) is 11.7. The highest BCUT2D eigenvalue weighted by atomic mass is 19.4. The average molecular weight is 446 g/mol. The first-order valence-corrected chi connectivity index (χ1v) is 11.1. The molecule has 1 unspecified atom stereocenters. The Kier molecular flexibility index (Phi) is 5.96. The SMILES string of the molecule is CC(C)(CC(O)(Cc1cc2ccncc2[nH]1)C(F)(F)F)c1cccc(N2CCCCC2)c1. The lowest BCUT2D eigenvalue weighted by atomic mass is 9.73. The van der Waals surface area contributed by atoms with Gasteiger partial charge < -0.3 is 15.0 Å². The molecule has 7 heteroatoms. The summed E-state index contributed by atoms with van der Waals surface area (Å²) in [6, 6.07) is 11.1. The zero-order chi connectivity index (χ0) is 23.0. The number of H-pyrrole nitrogens is 1. The fourth-order valence-corrected chi connectivity index (χ4v) is 4.81. The van der Waals surface area contributed by atoms with E-state index in [9.17, 15) is 18.3 Å². The fourth-order valence-electron chi connectivity index (χ4n) is 4.81. The maximum Gasteiger partial charge on any atom is 0.417 e. The second-order valence-electron chi connectivity index (χ2n) is 9.62. The van der Waals surface area contributed by atoms with Crippen molar-refractivity contribution in [3.05, 3.63) is 60.0 Å². The highest BCUT2D eigenvalue weighted by Crippen LogP contribution is 2.43. The summed E-state index contributed by atoms with van der Waals surface area (Å²) in [5.74, 6) is 0. The number of rotatable bonds is 6. The van der Waals surface area contributed by atoms with Gasteiger partial charge in [0.05, 0.1) is 11.7 Å². The number of benzene rings is 1. The number of aromatic nitrogens is 2. The van der Waals surface area contributed by atoms with Gasteiger partial charge in [0.2, 0.25) is 0 Å². The molecule has 1 aromatic carbocycles. The maximum atomic E-state index is 14.2. The van der Waals surface area contributed by atoms with E-state index in [1.54, 1.807) is 38.4 Å². The molecule has 0 radical (unpaired) electrons. The first kappa shape index (κ1) is 22.6. The molecule has 0 bridgehead atoms. The number of hydrogen-bond donors (Lipinski definition) is 2. The Morgan fingerprint density at radius 2 is 1.81 bits per heavy atom. The molecule has 1 aliphatic rings. The highest BCUT2D eigenvalue weighted by Gasteiger charge is 2.56. The van der Waals surface area contributed by atoms with Crippen LogP contribution in [0.4, 0.5) is 18.9 Å². The van der Waals surface area contributed by atoms with Gasteiger partial charge >= 0.3 is 6.18 Å². The smallest absolute Gasteiger partial charge is 0.380 e. The van der Waals surface area contributed by atoms with Crippen LogP contribution in [0.25, 0.3) is 10.9 Å². The van der Waals surface area contributed by atoms with Gasteiger partial charge in [0, 0.05) is 42.5 Å². The second kappa shape index (κ2) is 8.43. The van der Waals surface area contributed by atoms with Gasteiger partial charge in [0.1, 0.15) is 0 Å². The average Bonchev–Trinajstić information content (AvgIpc) is 3.15. The molecule has 0 amide bonds. The normalized spacial score (nSPS) is 17.5. The molecule has 1 atom stereocenters. The molecular formula is C25H30F3N3O. The zero-order valence-electron chi connectivity index (χ0n) is 18.5. The van der Waals surface area contributed by atoms with Gasteiger partial charge in [0.25, 0.3) is 0 Å². The van der Waals surface area contributed by atoms with Crippen molar-refractivity contribution in [3.8, 4) is 0 Å². The van der Waals surface area contributed by atoms with E-state index in [0.29, 0.717) is 11.2 Å². The van der Waals surface area contributed by atoms with Crippen LogP contribution >= 0.6 is 0 Å². The molecule has 1 fully saturated rings. The molecule has 0 aliphatic carbocycles. The molecule has 0 saturated carbocycles. The lowest BCUT2D eigenvalue weighted by Crippen LogP contribution is -2.50. The predicted molar refractivity (Wildman–Crippen MR) is 121 cm³/mol. The minimum Gasteiger partial charge on any atom is -0.380 e. The second-order valence-corrected chi connectivity index (χ2v) is 9.62. The van der Waals surface area contributed by atoms with E-state index >= 15 is 0 Å². The van der Waals surface area contributed by atoms with Gasteiger partial charge in [-0.05, 0) is 60.9 Å². The number of alkyl halides is 3. The number of nitrogens with zero attached hydrogens (tertiary/aromatic N) is 2. The molecule has 2 N–H and O–H groups in total. The first-order chi connectivity index (χ1) is 15.1. The summed E-state index contributed by atoms with van der Waals surface area (Å²) in [6.07, 6.45) is 0.869. The number of hydrogen-bond acceptors (Lipinski definition) is 3. The van der Waals surface area contributed by atoms with Crippen LogP contribution in [-0.4, -0.2) is 39.9 Å². The Balaban J connectivity index is 1.61. The van der Waals surface area contributed by atoms with Crippen molar-refractivity contribution < 1.29 is 18.3 Å². The molecule has 1 saturated heterocycles. The van der Waals surface area contributed by atoms with Crippen molar-refractivity contribution >= 4 is 16.6 Å². The van der Waals surface area contributed by atoms with Crippen LogP contribution < -0.4 is 4.90 Å². The molecule has 4 nitrogen and oxygen atoms in total. The number of pyridine rings is 1. The summed E-state index contributed by atoms with van der Waals surface area (Å²) in [6.45, 7) is 5.47. The lowest BCUT2D eigenvalue weighted by Gasteiger charge is -2.38. The zero-order valence-corrected chi connectivity index (χ0v) is 18.5. The molecule has 32 heavy (non-hydrogen) atoms. The third-order valence-electron chi connectivity index (χ3n) is 6.57. The summed E-state index contributed by atoms with van der Waals surface area (Å²) in [4.78, 5) is 9.26. The predicted octanol–water partition coefficient (Wildman–Crippen LogP) is 5.76. The van der Waals surface area contributed by atoms with Crippen molar-refractivity contribution in [2.45, 2.75) is 63.1 Å². The van der Waals surface area contributed by atoms with Crippen LogP contribution in [-0.2, 0) is 11.8 Å². The van der Waals surface area contributed by atoms with E-state index in [4.69, 9.17) is 0 Å². The van der Waals surface area contributed by atoms with Crippen molar-refractivity contribution in [3.63, 3.8) is 0 Å². The number of halogens is 3. The van der Waals surface area contributed by atoms with Crippen molar-refractivity contribution in [2.75, 3.05) is 18.0 Å². The largest absolute Gasteiger partial charge is 0.417 e. The van der Waals surface area contributed by atoms with Crippen LogP contribution in [0.5, 0.6) is 0 Å². The number of anilines is 1. The Bertz CT molecular complexity index is 1040. The maximum absolute atomic E-state index is 14.2. The van der Waals surface area contributed by atoms with E-state index in [-0.39, 0.29) is 0 Å². The number of aliphatic hydroxyl groups is 1. The highest BCUT2D eigenvalue weighted by molar-refractivity contribution is 5.79. The van der Waals surface area contributed by atoms with Crippen LogP contribution in [0.1, 0.15) is 50.8 Å². The summed E-state index contributed by atoms with van der Waals surface area (Å²) in [5.41, 5.74) is -0.931. The van der Waals surface area contributed by atoms with E-state index in [0.717, 1.165) is 42.6 Å². The van der Waals surface area contributed by atoms with Gasteiger partial charge in [-0.25, -0.2) is 0 Å². The van der Waals surface area contributed by atoms with Crippen LogP contribution in [0.2, 0.25) is 0 Å². The number of nitrogens with one attached hydrogen (secondary N) is 1. The quantitative estimate of drug-likeness (QED) is 0.507. The fraction of sp³-hybridized carbons (Fsp3) is 0.480. The van der Waals surface area contributed by atoms with E-state index in [1.807, 2.05) is 24.3 Å². The van der Waals surface area contributed by atoms with Gasteiger partial charge in [-0.15, -0.1) is 0 Å². The Hall–Kier alpha value is -2.54. The molecule has 0 spiro atoms. The topological polar surface area (TPSA) is 52.2 Å². The first-order valence-electron chi connectivity index (χ1n) is 11.1. The van der Waals surface area contributed by atoms with Crippen LogP contribution in [0.15, 0.2) is 48.8 Å². The lowest BCUT2D eigenvalue weighted by molar-refractivity contribution is -0.266. The van der Waals surface area contributed by atoms with Gasteiger partial charge in [-0.1, -0.05) is 26.0 Å². The molecular weight excluding hydrogens is 415 g/mol. The van der Waals surface area contributed by atoms with Gasteiger partial charge in [-0.2, -0.15) is 13.2 Å². The number of piperidine rings is 1. The third-order valence-corrected chi connectivity index (χ3v) is 6.57. The number of fused-ring (bicyclic) bond motifs is 1. The molecule has 172 valence electrons. The molecule has 1 aliphatic heterocycles. The summed E-state index contributed by atoms with van der Waals surface area (Å²) in [7, 11) is 0. The minimum absolute atomic E-state index is 0.339. The number of aromatic amines is 1. The Labute approximate surface area is 186 Å².